The van der Waals surface area contributed by atoms with Gasteiger partial charge in [0.1, 0.15) is 0 Å². The summed E-state index contributed by atoms with van der Waals surface area (Å²) < 4.78 is 1.77. The van der Waals surface area contributed by atoms with Crippen LogP contribution in [0.15, 0.2) is 103 Å². The normalized spacial score (nSPS) is 11.7. The van der Waals surface area contributed by atoms with Crippen molar-refractivity contribution >= 4 is 11.6 Å². The number of Topliss-reactive ketones (excluding diaryl/α,β-unsaturated/α-hetero) is 2. The average molecular weight is 380 g/mol. The van der Waals surface area contributed by atoms with Crippen LogP contribution in [0.2, 0.25) is 0 Å². The summed E-state index contributed by atoms with van der Waals surface area (Å²) in [6.45, 7) is 0. The van der Waals surface area contributed by atoms with Crippen molar-refractivity contribution in [3.8, 4) is 5.69 Å². The summed E-state index contributed by atoms with van der Waals surface area (Å²) in [7, 11) is 0. The van der Waals surface area contributed by atoms with E-state index in [9.17, 15) is 9.59 Å². The lowest BCUT2D eigenvalue weighted by Gasteiger charge is -2.16. The van der Waals surface area contributed by atoms with Gasteiger partial charge >= 0.3 is 0 Å². The first kappa shape index (κ1) is 18.6. The van der Waals surface area contributed by atoms with Crippen molar-refractivity contribution in [1.29, 1.82) is 0 Å². The number of carbonyl (C=O) groups excluding carboxylic acids is 2. The molecular weight excluding hydrogens is 360 g/mol. The molecule has 0 N–H and O–H groups in total. The molecule has 1 atom stereocenters. The van der Waals surface area contributed by atoms with Crippen LogP contribution in [0.4, 0.5) is 0 Å². The molecule has 3 aromatic carbocycles. The Morgan fingerprint density at radius 2 is 1.38 bits per heavy atom. The van der Waals surface area contributed by atoms with Gasteiger partial charge in [-0.15, -0.1) is 0 Å². The number of imidazole rings is 1. The zero-order valence-electron chi connectivity index (χ0n) is 15.8. The Morgan fingerprint density at radius 3 is 2.03 bits per heavy atom. The third-order valence-electron chi connectivity index (χ3n) is 4.90. The summed E-state index contributed by atoms with van der Waals surface area (Å²) in [4.78, 5) is 30.7. The number of hydrogen-bond acceptors (Lipinski definition) is 3. The molecule has 0 radical (unpaired) electrons. The van der Waals surface area contributed by atoms with Crippen LogP contribution in [-0.2, 0) is 0 Å². The maximum Gasteiger partial charge on any atom is 0.206 e. The highest BCUT2D eigenvalue weighted by Gasteiger charge is 2.28. The Morgan fingerprint density at radius 1 is 0.793 bits per heavy atom. The van der Waals surface area contributed by atoms with Gasteiger partial charge in [-0.2, -0.15) is 0 Å². The highest BCUT2D eigenvalue weighted by Crippen LogP contribution is 2.27. The molecule has 0 saturated carbocycles. The lowest BCUT2D eigenvalue weighted by Crippen LogP contribution is -2.20. The van der Waals surface area contributed by atoms with Crippen molar-refractivity contribution < 1.29 is 9.59 Å². The maximum atomic E-state index is 13.5. The largest absolute Gasteiger partial charge is 0.297 e. The molecule has 4 rings (SSSR count). The van der Waals surface area contributed by atoms with Crippen molar-refractivity contribution in [1.82, 2.24) is 9.55 Å². The van der Waals surface area contributed by atoms with Gasteiger partial charge in [0, 0.05) is 30.1 Å². The molecule has 142 valence electrons. The predicted octanol–water partition coefficient (Wildman–Crippen LogP) is 5.11. The van der Waals surface area contributed by atoms with Gasteiger partial charge in [0.05, 0.1) is 5.92 Å². The van der Waals surface area contributed by atoms with E-state index in [0.717, 1.165) is 11.3 Å². The van der Waals surface area contributed by atoms with Crippen LogP contribution in [0.3, 0.4) is 0 Å². The van der Waals surface area contributed by atoms with Gasteiger partial charge in [0.2, 0.25) is 5.78 Å². The topological polar surface area (TPSA) is 52.0 Å². The molecule has 0 fully saturated rings. The van der Waals surface area contributed by atoms with Gasteiger partial charge in [-0.3, -0.25) is 14.2 Å². The average Bonchev–Trinajstić information content (AvgIpc) is 3.29. The SMILES string of the molecule is O=C(C[C@H](C(=O)c1nccn1-c1ccccc1)c1ccccc1)c1ccccc1. The summed E-state index contributed by atoms with van der Waals surface area (Å²) >= 11 is 0. The maximum absolute atomic E-state index is 13.5. The first-order valence-electron chi connectivity index (χ1n) is 9.50. The van der Waals surface area contributed by atoms with E-state index in [0.29, 0.717) is 11.4 Å². The third-order valence-corrected chi connectivity index (χ3v) is 4.90. The molecule has 29 heavy (non-hydrogen) atoms. The fourth-order valence-corrected chi connectivity index (χ4v) is 3.41. The van der Waals surface area contributed by atoms with Crippen LogP contribution in [0.5, 0.6) is 0 Å². The van der Waals surface area contributed by atoms with Gasteiger partial charge in [0.15, 0.2) is 11.6 Å². The number of aromatic nitrogens is 2. The number of carbonyl (C=O) groups is 2. The van der Waals surface area contributed by atoms with Crippen molar-refractivity contribution in [2.75, 3.05) is 0 Å². The molecule has 0 amide bonds. The van der Waals surface area contributed by atoms with Crippen LogP contribution in [-0.4, -0.2) is 21.1 Å². The number of nitrogens with zero attached hydrogens (tertiary/aromatic N) is 2. The van der Waals surface area contributed by atoms with Crippen LogP contribution in [0.1, 0.15) is 38.9 Å². The summed E-state index contributed by atoms with van der Waals surface area (Å²) in [6.07, 6.45) is 3.47. The fourth-order valence-electron chi connectivity index (χ4n) is 3.41. The summed E-state index contributed by atoms with van der Waals surface area (Å²) in [6, 6.07) is 28.1. The van der Waals surface area contributed by atoms with Crippen LogP contribution in [0, 0.1) is 0 Å². The zero-order valence-corrected chi connectivity index (χ0v) is 15.8. The number of benzene rings is 3. The third kappa shape index (κ3) is 4.06. The van der Waals surface area contributed by atoms with Crippen molar-refractivity contribution in [3.63, 3.8) is 0 Å². The first-order valence-corrected chi connectivity index (χ1v) is 9.50. The number of hydrogen-bond donors (Lipinski definition) is 0. The smallest absolute Gasteiger partial charge is 0.206 e. The molecule has 4 heteroatoms. The summed E-state index contributed by atoms with van der Waals surface area (Å²) in [5.41, 5.74) is 2.27. The molecule has 0 aliphatic rings. The van der Waals surface area contributed by atoms with E-state index >= 15 is 0 Å². The quantitative estimate of drug-likeness (QED) is 0.419. The standard InChI is InChI=1S/C25H20N2O2/c28-23(20-12-6-2-7-13-20)18-22(19-10-4-1-5-11-19)24(29)25-26-16-17-27(25)21-14-8-3-9-15-21/h1-17,22H,18H2/t22-/m0/s1. The van der Waals surface area contributed by atoms with E-state index in [1.165, 1.54) is 0 Å². The number of ketones is 2. The minimum atomic E-state index is -0.603. The molecule has 0 aliphatic carbocycles. The molecule has 1 heterocycles. The van der Waals surface area contributed by atoms with E-state index in [1.54, 1.807) is 29.1 Å². The molecule has 4 aromatic rings. The second kappa shape index (κ2) is 8.48. The van der Waals surface area contributed by atoms with Gasteiger partial charge in [0.25, 0.3) is 0 Å². The Hall–Kier alpha value is -3.79. The summed E-state index contributed by atoms with van der Waals surface area (Å²) in [5, 5.41) is 0. The van der Waals surface area contributed by atoms with E-state index in [2.05, 4.69) is 4.98 Å². The van der Waals surface area contributed by atoms with E-state index in [1.807, 2.05) is 78.9 Å². The fraction of sp³-hybridized carbons (Fsp3) is 0.0800. The van der Waals surface area contributed by atoms with Gasteiger partial charge in [-0.1, -0.05) is 78.9 Å². The number of para-hydroxylation sites is 1. The van der Waals surface area contributed by atoms with Crippen LogP contribution >= 0.6 is 0 Å². The lowest BCUT2D eigenvalue weighted by atomic mass is 9.87. The van der Waals surface area contributed by atoms with Crippen molar-refractivity contribution in [2.45, 2.75) is 12.3 Å². The van der Waals surface area contributed by atoms with E-state index < -0.39 is 5.92 Å². The monoisotopic (exact) mass is 380 g/mol. The molecule has 0 bridgehead atoms. The molecule has 0 spiro atoms. The van der Waals surface area contributed by atoms with Gasteiger partial charge in [-0.05, 0) is 17.7 Å². The van der Waals surface area contributed by atoms with Gasteiger partial charge in [-0.25, -0.2) is 4.98 Å². The minimum Gasteiger partial charge on any atom is -0.297 e. The van der Waals surface area contributed by atoms with Crippen LogP contribution in [0.25, 0.3) is 5.69 Å². The first-order chi connectivity index (χ1) is 14.2. The van der Waals surface area contributed by atoms with Gasteiger partial charge < -0.3 is 0 Å². The van der Waals surface area contributed by atoms with Crippen molar-refractivity contribution in [2.24, 2.45) is 0 Å². The second-order valence-electron chi connectivity index (χ2n) is 6.78. The highest BCUT2D eigenvalue weighted by atomic mass is 16.1. The molecular formula is C25H20N2O2. The van der Waals surface area contributed by atoms with Crippen LogP contribution < -0.4 is 0 Å². The van der Waals surface area contributed by atoms with E-state index in [4.69, 9.17) is 0 Å². The molecule has 1 aromatic heterocycles. The Balaban J connectivity index is 1.70. The molecule has 4 nitrogen and oxygen atoms in total. The minimum absolute atomic E-state index is 0.0642. The Kier molecular flexibility index (Phi) is 5.43. The zero-order chi connectivity index (χ0) is 20.1. The lowest BCUT2D eigenvalue weighted by molar-refractivity contribution is 0.0886. The second-order valence-corrected chi connectivity index (χ2v) is 6.78. The number of rotatable bonds is 7. The highest BCUT2D eigenvalue weighted by molar-refractivity contribution is 6.04. The van der Waals surface area contributed by atoms with E-state index in [-0.39, 0.29) is 18.0 Å². The molecule has 0 aliphatic heterocycles. The molecule has 0 saturated heterocycles. The Labute approximate surface area is 169 Å². The Bertz CT molecular complexity index is 1100. The summed E-state index contributed by atoms with van der Waals surface area (Å²) in [5.74, 6) is -0.514. The van der Waals surface area contributed by atoms with Crippen molar-refractivity contribution in [3.05, 3.63) is 120 Å². The predicted molar refractivity (Wildman–Crippen MR) is 112 cm³/mol. The molecule has 0 unspecified atom stereocenters.